The summed E-state index contributed by atoms with van der Waals surface area (Å²) < 4.78 is 5.35. The van der Waals surface area contributed by atoms with Gasteiger partial charge in [0.05, 0.1) is 5.60 Å². The summed E-state index contributed by atoms with van der Waals surface area (Å²) in [5.41, 5.74) is -0.461. The highest BCUT2D eigenvalue weighted by Gasteiger charge is 2.27. The average molecular weight is 196 g/mol. The molecular formula is C12H20O2. The molecule has 80 valence electrons. The molecule has 0 aromatic carbocycles. The molecule has 0 saturated heterocycles. The fourth-order valence-electron chi connectivity index (χ4n) is 0.988. The smallest absolute Gasteiger partial charge is 0.251 e. The predicted octanol–water partition coefficient (Wildman–Crippen LogP) is 2.48. The summed E-state index contributed by atoms with van der Waals surface area (Å²) in [5, 5.41) is 9.84. The van der Waals surface area contributed by atoms with Crippen LogP contribution >= 0.6 is 0 Å². The number of unbranched alkanes of at least 4 members (excludes halogenated alkanes) is 1. The van der Waals surface area contributed by atoms with Crippen LogP contribution in [0.25, 0.3) is 0 Å². The molecule has 0 amide bonds. The molecule has 14 heavy (non-hydrogen) atoms. The number of ether oxygens (including phenoxy) is 1. The molecule has 0 aliphatic rings. The Morgan fingerprint density at radius 2 is 2.00 bits per heavy atom. The molecule has 0 aliphatic carbocycles. The molecule has 0 bridgehead atoms. The molecule has 0 radical (unpaired) electrons. The largest absolute Gasteiger partial charge is 0.352 e. The third-order valence-corrected chi connectivity index (χ3v) is 1.47. The Morgan fingerprint density at radius 1 is 1.43 bits per heavy atom. The van der Waals surface area contributed by atoms with Crippen molar-refractivity contribution in [2.45, 2.75) is 51.9 Å². The summed E-state index contributed by atoms with van der Waals surface area (Å²) in [7, 11) is 0. The second-order valence-corrected chi connectivity index (χ2v) is 4.25. The van der Waals surface area contributed by atoms with Crippen molar-refractivity contribution in [2.75, 3.05) is 0 Å². The van der Waals surface area contributed by atoms with E-state index in [1.165, 1.54) is 6.08 Å². The van der Waals surface area contributed by atoms with E-state index in [-0.39, 0.29) is 0 Å². The molecule has 1 N–H and O–H groups in total. The van der Waals surface area contributed by atoms with Gasteiger partial charge in [-0.05, 0) is 39.2 Å². The number of terminal acetylenes is 1. The summed E-state index contributed by atoms with van der Waals surface area (Å²) in [6.45, 7) is 7.61. The van der Waals surface area contributed by atoms with Crippen LogP contribution in [0.2, 0.25) is 0 Å². The topological polar surface area (TPSA) is 29.5 Å². The number of allylic oxidation sites excluding steroid dienone is 1. The first-order valence-corrected chi connectivity index (χ1v) is 4.91. The third-order valence-electron chi connectivity index (χ3n) is 1.47. The van der Waals surface area contributed by atoms with Gasteiger partial charge in [0.15, 0.2) is 0 Å². The molecule has 0 aromatic heterocycles. The van der Waals surface area contributed by atoms with E-state index in [0.29, 0.717) is 0 Å². The Balaban J connectivity index is 4.43. The molecule has 0 aliphatic heterocycles. The Hall–Kier alpha value is -0.780. The molecular weight excluding hydrogens is 176 g/mol. The third kappa shape index (κ3) is 5.80. The minimum absolute atomic E-state index is 0.461. The zero-order valence-electron chi connectivity index (χ0n) is 9.50. The summed E-state index contributed by atoms with van der Waals surface area (Å²) in [4.78, 5) is 0. The van der Waals surface area contributed by atoms with E-state index in [0.717, 1.165) is 12.8 Å². The van der Waals surface area contributed by atoms with Gasteiger partial charge in [-0.15, -0.1) is 6.42 Å². The molecule has 0 saturated carbocycles. The van der Waals surface area contributed by atoms with Crippen molar-refractivity contribution in [3.05, 3.63) is 12.2 Å². The molecule has 0 aromatic rings. The van der Waals surface area contributed by atoms with Gasteiger partial charge in [0.1, 0.15) is 0 Å². The first kappa shape index (κ1) is 13.2. The van der Waals surface area contributed by atoms with Crippen LogP contribution in [0.15, 0.2) is 12.2 Å². The van der Waals surface area contributed by atoms with Crippen molar-refractivity contribution in [3.8, 4) is 12.3 Å². The van der Waals surface area contributed by atoms with E-state index in [4.69, 9.17) is 11.2 Å². The average Bonchev–Trinajstić information content (AvgIpc) is 2.02. The maximum absolute atomic E-state index is 9.84. The van der Waals surface area contributed by atoms with Gasteiger partial charge in [0.25, 0.3) is 5.79 Å². The molecule has 1 atom stereocenters. The van der Waals surface area contributed by atoms with Crippen molar-refractivity contribution in [3.63, 3.8) is 0 Å². The van der Waals surface area contributed by atoms with Crippen molar-refractivity contribution >= 4 is 0 Å². The van der Waals surface area contributed by atoms with E-state index in [9.17, 15) is 5.11 Å². The lowest BCUT2D eigenvalue weighted by Gasteiger charge is -2.28. The van der Waals surface area contributed by atoms with E-state index in [1.807, 2.05) is 26.8 Å². The van der Waals surface area contributed by atoms with Crippen molar-refractivity contribution in [2.24, 2.45) is 0 Å². The molecule has 0 fully saturated rings. The molecule has 0 unspecified atom stereocenters. The molecule has 0 spiro atoms. The lowest BCUT2D eigenvalue weighted by Crippen LogP contribution is -2.36. The van der Waals surface area contributed by atoms with Gasteiger partial charge < -0.3 is 9.84 Å². The minimum atomic E-state index is -1.58. The normalized spacial score (nSPS) is 16.6. The second-order valence-electron chi connectivity index (χ2n) is 4.25. The van der Waals surface area contributed by atoms with E-state index >= 15 is 0 Å². The van der Waals surface area contributed by atoms with Crippen LogP contribution in [-0.4, -0.2) is 16.5 Å². The summed E-state index contributed by atoms with van der Waals surface area (Å²) in [5.74, 6) is 0.664. The first-order valence-electron chi connectivity index (χ1n) is 4.91. The Bertz CT molecular complexity index is 230. The van der Waals surface area contributed by atoms with Crippen LogP contribution in [0.4, 0.5) is 0 Å². The first-order chi connectivity index (χ1) is 6.33. The van der Waals surface area contributed by atoms with Gasteiger partial charge in [0, 0.05) is 0 Å². The van der Waals surface area contributed by atoms with Crippen molar-refractivity contribution in [1.82, 2.24) is 0 Å². The summed E-state index contributed by atoms with van der Waals surface area (Å²) in [6, 6.07) is 0. The maximum Gasteiger partial charge on any atom is 0.251 e. The van der Waals surface area contributed by atoms with Crippen LogP contribution in [0.5, 0.6) is 0 Å². The summed E-state index contributed by atoms with van der Waals surface area (Å²) >= 11 is 0. The van der Waals surface area contributed by atoms with E-state index in [1.54, 1.807) is 0 Å². The highest BCUT2D eigenvalue weighted by molar-refractivity contribution is 5.14. The second kappa shape index (κ2) is 5.19. The van der Waals surface area contributed by atoms with Crippen LogP contribution in [0, 0.1) is 12.3 Å². The number of hydrogen-bond acceptors (Lipinski definition) is 2. The van der Waals surface area contributed by atoms with Gasteiger partial charge >= 0.3 is 0 Å². The minimum Gasteiger partial charge on any atom is -0.352 e. The van der Waals surface area contributed by atoms with Gasteiger partial charge in [-0.3, -0.25) is 0 Å². The lowest BCUT2D eigenvalue weighted by atomic mass is 10.1. The molecule has 0 heterocycles. The quantitative estimate of drug-likeness (QED) is 0.425. The van der Waals surface area contributed by atoms with Crippen LogP contribution < -0.4 is 0 Å². The van der Waals surface area contributed by atoms with Crippen LogP contribution in [0.3, 0.4) is 0 Å². The van der Waals surface area contributed by atoms with Crippen molar-refractivity contribution < 1.29 is 9.84 Å². The zero-order chi connectivity index (χ0) is 11.2. The highest BCUT2D eigenvalue weighted by Crippen LogP contribution is 2.19. The van der Waals surface area contributed by atoms with Gasteiger partial charge in [-0.2, -0.15) is 0 Å². The zero-order valence-corrected chi connectivity index (χ0v) is 9.50. The highest BCUT2D eigenvalue weighted by atomic mass is 16.6. The standard InChI is InChI=1S/C12H20O2/c1-6-8-9-10-12(13,7-2)14-11(3,4)5/h2,9-10,13H,6,8H2,1,3-5H3/b10-9-/t12-/m1/s1. The molecule has 0 rings (SSSR count). The van der Waals surface area contributed by atoms with Gasteiger partial charge in [-0.1, -0.05) is 19.4 Å². The Labute approximate surface area is 87.0 Å². The van der Waals surface area contributed by atoms with Crippen molar-refractivity contribution in [1.29, 1.82) is 0 Å². The van der Waals surface area contributed by atoms with E-state index < -0.39 is 11.4 Å². The summed E-state index contributed by atoms with van der Waals surface area (Å²) in [6.07, 6.45) is 10.5. The number of aliphatic hydroxyl groups is 1. The number of hydrogen-bond donors (Lipinski definition) is 1. The van der Waals surface area contributed by atoms with Crippen LogP contribution in [0.1, 0.15) is 40.5 Å². The van der Waals surface area contributed by atoms with E-state index in [2.05, 4.69) is 12.8 Å². The SMILES string of the molecule is C#C[C@](O)(/C=C\CCC)OC(C)(C)C. The predicted molar refractivity (Wildman–Crippen MR) is 58.7 cm³/mol. The lowest BCUT2D eigenvalue weighted by molar-refractivity contribution is -0.185. The molecule has 2 nitrogen and oxygen atoms in total. The Kier molecular flexibility index (Phi) is 4.90. The fourth-order valence-corrected chi connectivity index (χ4v) is 0.988. The number of rotatable bonds is 4. The van der Waals surface area contributed by atoms with Gasteiger partial charge in [0.2, 0.25) is 0 Å². The Morgan fingerprint density at radius 3 is 2.36 bits per heavy atom. The monoisotopic (exact) mass is 196 g/mol. The molecule has 2 heteroatoms. The fraction of sp³-hybridized carbons (Fsp3) is 0.667. The van der Waals surface area contributed by atoms with Gasteiger partial charge in [-0.25, -0.2) is 0 Å². The maximum atomic E-state index is 9.84. The van der Waals surface area contributed by atoms with Crippen LogP contribution in [-0.2, 0) is 4.74 Å².